The summed E-state index contributed by atoms with van der Waals surface area (Å²) in [6.45, 7) is 8.63. The number of rotatable bonds is 3. The van der Waals surface area contributed by atoms with Crippen molar-refractivity contribution >= 4 is 33.2 Å². The molecule has 0 amide bonds. The number of hydrogen-bond acceptors (Lipinski definition) is 1. The number of nitrogens with one attached hydrogen (secondary N) is 1. The molecule has 0 radical (unpaired) electrons. The highest BCUT2D eigenvalue weighted by atomic mass is 79.9. The van der Waals surface area contributed by atoms with Crippen molar-refractivity contribution in [1.82, 2.24) is 0 Å². The van der Waals surface area contributed by atoms with Gasteiger partial charge in [-0.2, -0.15) is 0 Å². The van der Waals surface area contributed by atoms with Crippen LogP contribution >= 0.6 is 27.5 Å². The Hall–Kier alpha value is -0.990. The molecule has 2 aromatic rings. The number of aryl methyl sites for hydroxylation is 3. The lowest BCUT2D eigenvalue weighted by molar-refractivity contribution is 0.862. The van der Waals surface area contributed by atoms with Crippen LogP contribution in [0.15, 0.2) is 34.8 Å². The third-order valence-electron chi connectivity index (χ3n) is 3.47. The van der Waals surface area contributed by atoms with Gasteiger partial charge in [-0.25, -0.2) is 0 Å². The highest BCUT2D eigenvalue weighted by molar-refractivity contribution is 9.10. The van der Waals surface area contributed by atoms with E-state index in [9.17, 15) is 0 Å². The minimum atomic E-state index is 0.217. The van der Waals surface area contributed by atoms with Crippen LogP contribution in [0, 0.1) is 20.8 Å². The molecule has 20 heavy (non-hydrogen) atoms. The topological polar surface area (TPSA) is 12.0 Å². The zero-order valence-electron chi connectivity index (χ0n) is 12.2. The summed E-state index contributed by atoms with van der Waals surface area (Å²) in [7, 11) is 0. The SMILES string of the molecule is Cc1cc(C)c(C(C)Nc2ccc(Br)cc2Cl)c(C)c1. The second-order valence-corrected chi connectivity index (χ2v) is 6.63. The molecule has 0 aliphatic carbocycles. The average Bonchev–Trinajstić information content (AvgIpc) is 2.31. The van der Waals surface area contributed by atoms with Gasteiger partial charge >= 0.3 is 0 Å². The van der Waals surface area contributed by atoms with E-state index in [-0.39, 0.29) is 6.04 Å². The third-order valence-corrected chi connectivity index (χ3v) is 4.28. The van der Waals surface area contributed by atoms with Gasteiger partial charge in [0.25, 0.3) is 0 Å². The van der Waals surface area contributed by atoms with Gasteiger partial charge in [-0.3, -0.25) is 0 Å². The van der Waals surface area contributed by atoms with Crippen LogP contribution in [0.4, 0.5) is 5.69 Å². The maximum Gasteiger partial charge on any atom is 0.0648 e. The zero-order valence-corrected chi connectivity index (χ0v) is 14.6. The molecule has 1 N–H and O–H groups in total. The summed E-state index contributed by atoms with van der Waals surface area (Å²) >= 11 is 9.70. The highest BCUT2D eigenvalue weighted by Crippen LogP contribution is 2.31. The van der Waals surface area contributed by atoms with E-state index in [2.05, 4.69) is 61.1 Å². The second kappa shape index (κ2) is 6.19. The first-order chi connectivity index (χ1) is 9.38. The molecule has 1 atom stereocenters. The van der Waals surface area contributed by atoms with Crippen LogP contribution in [0.2, 0.25) is 5.02 Å². The molecule has 2 rings (SSSR count). The van der Waals surface area contributed by atoms with E-state index in [0.717, 1.165) is 15.2 Å². The Bertz CT molecular complexity index is 614. The van der Waals surface area contributed by atoms with Crippen molar-refractivity contribution in [3.8, 4) is 0 Å². The van der Waals surface area contributed by atoms with Gasteiger partial charge in [-0.05, 0) is 62.6 Å². The maximum absolute atomic E-state index is 6.27. The van der Waals surface area contributed by atoms with E-state index in [4.69, 9.17) is 11.6 Å². The Labute approximate surface area is 134 Å². The van der Waals surface area contributed by atoms with E-state index >= 15 is 0 Å². The molecule has 0 saturated carbocycles. The van der Waals surface area contributed by atoms with Crippen molar-refractivity contribution in [1.29, 1.82) is 0 Å². The van der Waals surface area contributed by atoms with Crippen molar-refractivity contribution in [2.24, 2.45) is 0 Å². The molecule has 0 saturated heterocycles. The summed E-state index contributed by atoms with van der Waals surface area (Å²) in [6.07, 6.45) is 0. The standard InChI is InChI=1S/C17H19BrClN/c1-10-7-11(2)17(12(3)8-10)13(4)20-16-6-5-14(18)9-15(16)19/h5-9,13,20H,1-4H3. The van der Waals surface area contributed by atoms with Crippen LogP contribution < -0.4 is 5.32 Å². The van der Waals surface area contributed by atoms with Gasteiger partial charge < -0.3 is 5.32 Å². The van der Waals surface area contributed by atoms with Gasteiger partial charge in [-0.15, -0.1) is 0 Å². The molecule has 106 valence electrons. The minimum absolute atomic E-state index is 0.217. The Kier molecular flexibility index (Phi) is 4.77. The minimum Gasteiger partial charge on any atom is -0.377 e. The van der Waals surface area contributed by atoms with Crippen LogP contribution in [0.25, 0.3) is 0 Å². The predicted octanol–water partition coefficient (Wildman–Crippen LogP) is 6.20. The highest BCUT2D eigenvalue weighted by Gasteiger charge is 2.13. The molecular weight excluding hydrogens is 334 g/mol. The smallest absolute Gasteiger partial charge is 0.0648 e. The summed E-state index contributed by atoms with van der Waals surface area (Å²) in [5.74, 6) is 0. The molecule has 0 fully saturated rings. The van der Waals surface area contributed by atoms with E-state index < -0.39 is 0 Å². The number of benzene rings is 2. The molecule has 0 bridgehead atoms. The molecule has 0 aliphatic rings. The molecule has 0 aliphatic heterocycles. The number of anilines is 1. The lowest BCUT2D eigenvalue weighted by atomic mass is 9.95. The van der Waals surface area contributed by atoms with Crippen LogP contribution in [0.5, 0.6) is 0 Å². The van der Waals surface area contributed by atoms with E-state index in [1.165, 1.54) is 22.3 Å². The summed E-state index contributed by atoms with van der Waals surface area (Å²) < 4.78 is 0.989. The van der Waals surface area contributed by atoms with Gasteiger partial charge in [0.05, 0.1) is 10.7 Å². The summed E-state index contributed by atoms with van der Waals surface area (Å²) in [5, 5.41) is 4.23. The summed E-state index contributed by atoms with van der Waals surface area (Å²) in [6, 6.07) is 10.6. The second-order valence-electron chi connectivity index (χ2n) is 5.30. The first-order valence-corrected chi connectivity index (χ1v) is 7.85. The lowest BCUT2D eigenvalue weighted by Gasteiger charge is -2.21. The van der Waals surface area contributed by atoms with Crippen molar-refractivity contribution < 1.29 is 0 Å². The van der Waals surface area contributed by atoms with Crippen LogP contribution in [-0.2, 0) is 0 Å². The van der Waals surface area contributed by atoms with Gasteiger partial charge in [-0.1, -0.05) is 45.2 Å². The van der Waals surface area contributed by atoms with E-state index in [1.54, 1.807) is 0 Å². The molecular formula is C17H19BrClN. The van der Waals surface area contributed by atoms with Crippen molar-refractivity contribution in [3.63, 3.8) is 0 Å². The Morgan fingerprint density at radius 1 is 1.05 bits per heavy atom. The lowest BCUT2D eigenvalue weighted by Crippen LogP contribution is -2.10. The fourth-order valence-corrected chi connectivity index (χ4v) is 3.51. The first kappa shape index (κ1) is 15.4. The van der Waals surface area contributed by atoms with Crippen molar-refractivity contribution in [2.45, 2.75) is 33.7 Å². The first-order valence-electron chi connectivity index (χ1n) is 6.68. The normalized spacial score (nSPS) is 12.3. The average molecular weight is 353 g/mol. The molecule has 0 heterocycles. The number of hydrogen-bond donors (Lipinski definition) is 1. The molecule has 0 aromatic heterocycles. The van der Waals surface area contributed by atoms with Crippen molar-refractivity contribution in [3.05, 3.63) is 62.1 Å². The fraction of sp³-hybridized carbons (Fsp3) is 0.294. The Balaban J connectivity index is 2.31. The molecule has 1 nitrogen and oxygen atoms in total. The third kappa shape index (κ3) is 3.36. The molecule has 2 aromatic carbocycles. The van der Waals surface area contributed by atoms with Crippen LogP contribution in [-0.4, -0.2) is 0 Å². The molecule has 1 unspecified atom stereocenters. The van der Waals surface area contributed by atoms with Crippen molar-refractivity contribution in [2.75, 3.05) is 5.32 Å². The summed E-state index contributed by atoms with van der Waals surface area (Å²) in [5.41, 5.74) is 6.24. The van der Waals surface area contributed by atoms with Crippen LogP contribution in [0.1, 0.15) is 35.2 Å². The van der Waals surface area contributed by atoms with Gasteiger partial charge in [0.15, 0.2) is 0 Å². The predicted molar refractivity (Wildman–Crippen MR) is 91.8 cm³/mol. The molecule has 0 spiro atoms. The molecule has 3 heteroatoms. The zero-order chi connectivity index (χ0) is 14.9. The van der Waals surface area contributed by atoms with Gasteiger partial charge in [0.1, 0.15) is 0 Å². The number of halogens is 2. The maximum atomic E-state index is 6.27. The fourth-order valence-electron chi connectivity index (χ4n) is 2.79. The quantitative estimate of drug-likeness (QED) is 0.693. The van der Waals surface area contributed by atoms with Gasteiger partial charge in [0, 0.05) is 10.5 Å². The Morgan fingerprint density at radius 2 is 1.65 bits per heavy atom. The monoisotopic (exact) mass is 351 g/mol. The largest absolute Gasteiger partial charge is 0.377 e. The van der Waals surface area contributed by atoms with E-state index in [1.807, 2.05) is 18.2 Å². The van der Waals surface area contributed by atoms with Gasteiger partial charge in [0.2, 0.25) is 0 Å². The van der Waals surface area contributed by atoms with E-state index in [0.29, 0.717) is 0 Å². The summed E-state index contributed by atoms with van der Waals surface area (Å²) in [4.78, 5) is 0. The van der Waals surface area contributed by atoms with Crippen LogP contribution in [0.3, 0.4) is 0 Å². The Morgan fingerprint density at radius 3 is 2.20 bits per heavy atom.